The van der Waals surface area contributed by atoms with Gasteiger partial charge in [-0.15, -0.1) is 0 Å². The van der Waals surface area contributed by atoms with Crippen molar-refractivity contribution in [2.75, 3.05) is 31.1 Å². The number of primary amides is 1. The van der Waals surface area contributed by atoms with E-state index >= 15 is 0 Å². The number of anilines is 1. The summed E-state index contributed by atoms with van der Waals surface area (Å²) in [4.78, 5) is 49.9. The van der Waals surface area contributed by atoms with Gasteiger partial charge in [-0.05, 0) is 29.8 Å². The second kappa shape index (κ2) is 9.24. The third-order valence-corrected chi connectivity index (χ3v) is 5.16. The summed E-state index contributed by atoms with van der Waals surface area (Å²) in [5.74, 6) is -1.06. The molecule has 1 fully saturated rings. The molecule has 10 nitrogen and oxygen atoms in total. The highest BCUT2D eigenvalue weighted by molar-refractivity contribution is 5.96. The number of carbonyl (C=O) groups is 3. The van der Waals surface area contributed by atoms with Crippen LogP contribution in [0.2, 0.25) is 0 Å². The smallest absolute Gasteiger partial charge is 0.293 e. The zero-order valence-corrected chi connectivity index (χ0v) is 17.0. The molecule has 1 aliphatic rings. The lowest BCUT2D eigenvalue weighted by molar-refractivity contribution is -0.384. The molecule has 0 aromatic heterocycles. The second-order valence-corrected chi connectivity index (χ2v) is 7.20. The van der Waals surface area contributed by atoms with Crippen molar-refractivity contribution >= 4 is 29.1 Å². The second-order valence-electron chi connectivity index (χ2n) is 7.20. The maximum atomic E-state index is 12.5. The molecule has 31 heavy (non-hydrogen) atoms. The number of nitro benzene ring substituents is 1. The summed E-state index contributed by atoms with van der Waals surface area (Å²) in [7, 11) is 0. The highest BCUT2D eigenvalue weighted by atomic mass is 16.6. The van der Waals surface area contributed by atoms with Gasteiger partial charge in [0.1, 0.15) is 5.69 Å². The fraction of sp³-hybridized carbons (Fsp3) is 0.286. The van der Waals surface area contributed by atoms with Crippen LogP contribution in [0.25, 0.3) is 0 Å². The van der Waals surface area contributed by atoms with E-state index in [1.54, 1.807) is 35.2 Å². The fourth-order valence-electron chi connectivity index (χ4n) is 3.46. The molecule has 162 valence electrons. The van der Waals surface area contributed by atoms with E-state index in [0.29, 0.717) is 43.0 Å². The molecule has 0 spiro atoms. The number of benzene rings is 2. The number of nitrogens with zero attached hydrogens (tertiary/aromatic N) is 3. The number of piperazine rings is 1. The zero-order chi connectivity index (χ0) is 22.5. The molecule has 1 heterocycles. The van der Waals surface area contributed by atoms with Crippen molar-refractivity contribution in [1.82, 2.24) is 10.2 Å². The number of nitro groups is 1. The van der Waals surface area contributed by atoms with Crippen molar-refractivity contribution < 1.29 is 19.3 Å². The van der Waals surface area contributed by atoms with Crippen LogP contribution in [-0.4, -0.2) is 53.7 Å². The quantitative estimate of drug-likeness (QED) is 0.528. The molecule has 10 heteroatoms. The summed E-state index contributed by atoms with van der Waals surface area (Å²) in [5, 5.41) is 14.3. The van der Waals surface area contributed by atoms with Crippen molar-refractivity contribution in [3.05, 3.63) is 69.3 Å². The monoisotopic (exact) mass is 425 g/mol. The van der Waals surface area contributed by atoms with E-state index in [0.717, 1.165) is 0 Å². The van der Waals surface area contributed by atoms with E-state index < -0.39 is 16.7 Å². The number of nitrogens with one attached hydrogen (secondary N) is 1. The highest BCUT2D eigenvalue weighted by Crippen LogP contribution is 2.30. The van der Waals surface area contributed by atoms with Gasteiger partial charge >= 0.3 is 0 Å². The Balaban J connectivity index is 1.72. The molecule has 1 saturated heterocycles. The Morgan fingerprint density at radius 1 is 1.06 bits per heavy atom. The number of rotatable bonds is 6. The maximum Gasteiger partial charge on any atom is 0.293 e. The van der Waals surface area contributed by atoms with E-state index in [4.69, 9.17) is 5.73 Å². The first-order chi connectivity index (χ1) is 14.8. The third kappa shape index (κ3) is 5.16. The molecule has 3 rings (SSSR count). The molecule has 3 N–H and O–H groups in total. The largest absolute Gasteiger partial charge is 0.366 e. The molecule has 0 atom stereocenters. The van der Waals surface area contributed by atoms with E-state index in [1.165, 1.54) is 19.1 Å². The molecule has 0 aliphatic carbocycles. The van der Waals surface area contributed by atoms with Gasteiger partial charge in [0, 0.05) is 56.8 Å². The molecule has 1 aliphatic heterocycles. The average molecular weight is 425 g/mol. The van der Waals surface area contributed by atoms with E-state index in [2.05, 4.69) is 5.32 Å². The van der Waals surface area contributed by atoms with Gasteiger partial charge in [0.05, 0.1) is 4.92 Å². The van der Waals surface area contributed by atoms with Crippen LogP contribution in [0.3, 0.4) is 0 Å². The van der Waals surface area contributed by atoms with Gasteiger partial charge < -0.3 is 20.9 Å². The van der Waals surface area contributed by atoms with Crippen LogP contribution in [0.15, 0.2) is 42.5 Å². The molecule has 3 amide bonds. The average Bonchev–Trinajstić information content (AvgIpc) is 2.77. The van der Waals surface area contributed by atoms with E-state index in [-0.39, 0.29) is 23.7 Å². The lowest BCUT2D eigenvalue weighted by Gasteiger charge is -2.35. The summed E-state index contributed by atoms with van der Waals surface area (Å²) >= 11 is 0. The minimum absolute atomic E-state index is 0.0254. The first-order valence-electron chi connectivity index (χ1n) is 9.72. The molecule has 0 unspecified atom stereocenters. The highest BCUT2D eigenvalue weighted by Gasteiger charge is 2.25. The van der Waals surface area contributed by atoms with Crippen molar-refractivity contribution in [3.8, 4) is 0 Å². The van der Waals surface area contributed by atoms with Gasteiger partial charge in [0.15, 0.2) is 0 Å². The van der Waals surface area contributed by atoms with E-state index in [9.17, 15) is 24.5 Å². The van der Waals surface area contributed by atoms with Gasteiger partial charge in [0.25, 0.3) is 11.6 Å². The Hall–Kier alpha value is -3.95. The van der Waals surface area contributed by atoms with Gasteiger partial charge in [-0.2, -0.15) is 0 Å². The third-order valence-electron chi connectivity index (χ3n) is 5.16. The number of amides is 3. The summed E-state index contributed by atoms with van der Waals surface area (Å²) < 4.78 is 0. The van der Waals surface area contributed by atoms with Crippen LogP contribution in [-0.2, 0) is 11.3 Å². The summed E-state index contributed by atoms with van der Waals surface area (Å²) in [5.41, 5.74) is 6.67. The Kier molecular flexibility index (Phi) is 6.49. The number of hydrogen-bond acceptors (Lipinski definition) is 6. The normalized spacial score (nSPS) is 13.6. The van der Waals surface area contributed by atoms with Crippen LogP contribution >= 0.6 is 0 Å². The number of nitrogens with two attached hydrogens (primary N) is 1. The molecule has 0 radical (unpaired) electrons. The Morgan fingerprint density at radius 2 is 1.77 bits per heavy atom. The predicted molar refractivity (Wildman–Crippen MR) is 114 cm³/mol. The van der Waals surface area contributed by atoms with Crippen molar-refractivity contribution in [1.29, 1.82) is 0 Å². The lowest BCUT2D eigenvalue weighted by atomic mass is 10.1. The van der Waals surface area contributed by atoms with Crippen LogP contribution in [0, 0.1) is 10.1 Å². The Morgan fingerprint density at radius 3 is 2.39 bits per heavy atom. The minimum Gasteiger partial charge on any atom is -0.366 e. The van der Waals surface area contributed by atoms with Crippen molar-refractivity contribution in [2.24, 2.45) is 5.73 Å². The van der Waals surface area contributed by atoms with Crippen molar-refractivity contribution in [2.45, 2.75) is 13.5 Å². The Labute approximate surface area is 178 Å². The van der Waals surface area contributed by atoms with Gasteiger partial charge in [-0.25, -0.2) is 0 Å². The molecular formula is C21H23N5O5. The zero-order valence-electron chi connectivity index (χ0n) is 17.0. The number of hydrogen-bond donors (Lipinski definition) is 2. The fourth-order valence-corrected chi connectivity index (χ4v) is 3.46. The van der Waals surface area contributed by atoms with Crippen LogP contribution in [0.5, 0.6) is 0 Å². The minimum atomic E-state index is -0.566. The van der Waals surface area contributed by atoms with E-state index in [1.807, 2.05) is 4.90 Å². The summed E-state index contributed by atoms with van der Waals surface area (Å²) in [6.45, 7) is 3.56. The molecule has 0 bridgehead atoms. The summed E-state index contributed by atoms with van der Waals surface area (Å²) in [6, 6.07) is 10.9. The molecular weight excluding hydrogens is 402 g/mol. The molecule has 2 aromatic rings. The first kappa shape index (κ1) is 21.8. The molecule has 2 aromatic carbocycles. The van der Waals surface area contributed by atoms with Gasteiger partial charge in [-0.3, -0.25) is 24.5 Å². The first-order valence-corrected chi connectivity index (χ1v) is 9.72. The standard InChI is InChI=1S/C21H23N5O5/c1-14(27)24-7-9-25(10-8-24)18-6-5-17(12-19(18)26(30)31)21(29)23-13-15-3-2-4-16(11-15)20(22)28/h2-6,11-12H,7-10,13H2,1H3,(H2,22,28)(H,23,29). The van der Waals surface area contributed by atoms with Crippen molar-refractivity contribution in [3.63, 3.8) is 0 Å². The SMILES string of the molecule is CC(=O)N1CCN(c2ccc(C(=O)NCc3cccc(C(N)=O)c3)cc2[N+](=O)[O-])CC1. The van der Waals surface area contributed by atoms with Gasteiger partial charge in [0.2, 0.25) is 11.8 Å². The summed E-state index contributed by atoms with van der Waals surface area (Å²) in [6.07, 6.45) is 0. The maximum absolute atomic E-state index is 12.5. The van der Waals surface area contributed by atoms with Crippen LogP contribution in [0.1, 0.15) is 33.2 Å². The Bertz CT molecular complexity index is 1030. The topological polar surface area (TPSA) is 139 Å². The predicted octanol–water partition coefficient (Wildman–Crippen LogP) is 1.29. The molecule has 0 saturated carbocycles. The lowest BCUT2D eigenvalue weighted by Crippen LogP contribution is -2.48. The van der Waals surface area contributed by atoms with Crippen LogP contribution in [0.4, 0.5) is 11.4 Å². The van der Waals surface area contributed by atoms with Crippen LogP contribution < -0.4 is 16.0 Å². The van der Waals surface area contributed by atoms with Gasteiger partial charge in [-0.1, -0.05) is 12.1 Å². The number of carbonyl (C=O) groups excluding carboxylic acids is 3.